The number of hydrogen-bond donors (Lipinski definition) is 1. The van der Waals surface area contributed by atoms with Gasteiger partial charge in [0, 0.05) is 54.5 Å². The van der Waals surface area contributed by atoms with Crippen LogP contribution in [0.4, 0.5) is 13.9 Å². The summed E-state index contributed by atoms with van der Waals surface area (Å²) in [5.41, 5.74) is -0.553. The van der Waals surface area contributed by atoms with Gasteiger partial charge in [-0.3, -0.25) is 24.5 Å². The van der Waals surface area contributed by atoms with Gasteiger partial charge in [0.15, 0.2) is 0 Å². The van der Waals surface area contributed by atoms with E-state index in [1.807, 2.05) is 7.05 Å². The van der Waals surface area contributed by atoms with Gasteiger partial charge < -0.3 is 14.4 Å². The maximum Gasteiger partial charge on any atom is 0.280 e. The lowest BCUT2D eigenvalue weighted by Crippen LogP contribution is -2.23. The minimum absolute atomic E-state index is 0.0203. The van der Waals surface area contributed by atoms with Gasteiger partial charge in [0.1, 0.15) is 34.1 Å². The first kappa shape index (κ1) is 29.3. The van der Waals surface area contributed by atoms with E-state index in [-0.39, 0.29) is 51.3 Å². The van der Waals surface area contributed by atoms with Crippen molar-refractivity contribution in [1.29, 1.82) is 0 Å². The highest BCUT2D eigenvalue weighted by molar-refractivity contribution is 7.15. The number of carbonyl (C=O) groups is 1. The molecule has 1 N–H and O–H groups in total. The average Bonchev–Trinajstić information content (AvgIpc) is 3.48. The number of anilines is 1. The van der Waals surface area contributed by atoms with Gasteiger partial charge in [-0.2, -0.15) is 0 Å². The molecule has 2 unspecified atom stereocenters. The standard InChI is InChI=1S/C30H27F2N7O4S/c1-4-16-9-19(16)29-36-37-30(44-29)35-28(41)22-13-34-25(12-20(22)21-11-23(27(31)32)33-14-24(21)42-3)39-8-6-17(10-26(39)40)43-18-5-7-38(2)15-18/h1,6,8,10-14,16,18-19,27H,5,7,9,15H2,2-3H3,(H,35,37,41)/t16-,18?,19?/m0/s1. The molecule has 1 aliphatic heterocycles. The predicted octanol–water partition coefficient (Wildman–Crippen LogP) is 4.16. The minimum atomic E-state index is -2.87. The van der Waals surface area contributed by atoms with Crippen LogP contribution in [0.5, 0.6) is 11.5 Å². The molecule has 11 nitrogen and oxygen atoms in total. The van der Waals surface area contributed by atoms with Crippen LogP contribution in [-0.2, 0) is 0 Å². The van der Waals surface area contributed by atoms with Crippen molar-refractivity contribution < 1.29 is 23.0 Å². The van der Waals surface area contributed by atoms with E-state index < -0.39 is 23.6 Å². The van der Waals surface area contributed by atoms with Crippen LogP contribution in [-0.4, -0.2) is 68.9 Å². The fraction of sp³-hybridized carbons (Fsp3) is 0.333. The lowest BCUT2D eigenvalue weighted by atomic mass is 10.00. The normalized spacial score (nSPS) is 19.5. The van der Waals surface area contributed by atoms with Gasteiger partial charge in [0.05, 0.1) is 18.9 Å². The van der Waals surface area contributed by atoms with E-state index in [1.165, 1.54) is 47.5 Å². The number of aromatic nitrogens is 5. The number of halogens is 2. The molecule has 2 aliphatic rings. The number of likely N-dealkylation sites (tertiary alicyclic amines) is 1. The summed E-state index contributed by atoms with van der Waals surface area (Å²) in [5.74, 6) is 3.03. The van der Waals surface area contributed by atoms with E-state index in [0.717, 1.165) is 43.2 Å². The molecule has 4 aromatic heterocycles. The Balaban J connectivity index is 1.36. The van der Waals surface area contributed by atoms with Gasteiger partial charge in [-0.1, -0.05) is 11.3 Å². The second-order valence-electron chi connectivity index (χ2n) is 10.6. The molecule has 0 spiro atoms. The Kier molecular flexibility index (Phi) is 8.07. The third-order valence-corrected chi connectivity index (χ3v) is 8.50. The molecule has 1 amide bonds. The zero-order valence-electron chi connectivity index (χ0n) is 23.7. The lowest BCUT2D eigenvalue weighted by molar-refractivity contribution is 0.102. The first-order valence-electron chi connectivity index (χ1n) is 13.8. The molecule has 14 heteroatoms. The van der Waals surface area contributed by atoms with Gasteiger partial charge in [0.2, 0.25) is 5.13 Å². The number of methoxy groups -OCH3 is 1. The van der Waals surface area contributed by atoms with E-state index >= 15 is 0 Å². The number of likely N-dealkylation sites (N-methyl/N-ethyl adjacent to an activating group) is 1. The van der Waals surface area contributed by atoms with E-state index in [0.29, 0.717) is 5.75 Å². The number of ether oxygens (including phenoxy) is 2. The van der Waals surface area contributed by atoms with E-state index in [2.05, 4.69) is 36.3 Å². The molecule has 5 heterocycles. The number of rotatable bonds is 9. The Morgan fingerprint density at radius 1 is 1.20 bits per heavy atom. The summed E-state index contributed by atoms with van der Waals surface area (Å²) < 4.78 is 40.0. The summed E-state index contributed by atoms with van der Waals surface area (Å²) in [6.07, 6.45) is 8.21. The summed E-state index contributed by atoms with van der Waals surface area (Å²) in [5, 5.41) is 11.9. The van der Waals surface area contributed by atoms with Gasteiger partial charge in [-0.25, -0.2) is 13.8 Å². The Morgan fingerprint density at radius 2 is 2.05 bits per heavy atom. The summed E-state index contributed by atoms with van der Waals surface area (Å²) >= 11 is 1.21. The molecule has 1 aliphatic carbocycles. The highest BCUT2D eigenvalue weighted by Gasteiger charge is 2.40. The van der Waals surface area contributed by atoms with Crippen molar-refractivity contribution >= 4 is 22.4 Å². The van der Waals surface area contributed by atoms with E-state index in [4.69, 9.17) is 15.9 Å². The van der Waals surface area contributed by atoms with Crippen LogP contribution in [0.1, 0.15) is 46.2 Å². The maximum atomic E-state index is 13.7. The highest BCUT2D eigenvalue weighted by Crippen LogP contribution is 2.48. The van der Waals surface area contributed by atoms with Gasteiger partial charge in [0.25, 0.3) is 17.9 Å². The molecule has 1 saturated heterocycles. The minimum Gasteiger partial charge on any atom is -0.494 e. The van der Waals surface area contributed by atoms with Crippen molar-refractivity contribution in [2.45, 2.75) is 31.3 Å². The summed E-state index contributed by atoms with van der Waals surface area (Å²) in [7, 11) is 3.37. The molecule has 3 atom stereocenters. The van der Waals surface area contributed by atoms with Crippen LogP contribution < -0.4 is 20.3 Å². The number of terminal acetylenes is 1. The van der Waals surface area contributed by atoms with Crippen LogP contribution in [0, 0.1) is 18.3 Å². The number of alkyl halides is 2. The van der Waals surface area contributed by atoms with Gasteiger partial charge in [-0.15, -0.1) is 22.5 Å². The average molecular weight is 620 g/mol. The smallest absolute Gasteiger partial charge is 0.280 e. The molecule has 0 aromatic carbocycles. The second kappa shape index (κ2) is 12.1. The van der Waals surface area contributed by atoms with Crippen molar-refractivity contribution in [1.82, 2.24) is 29.6 Å². The number of hydrogen-bond acceptors (Lipinski definition) is 10. The van der Waals surface area contributed by atoms with Crippen molar-refractivity contribution in [2.24, 2.45) is 5.92 Å². The maximum absolute atomic E-state index is 13.7. The molecule has 2 fully saturated rings. The fourth-order valence-corrected chi connectivity index (χ4v) is 6.01. The van der Waals surface area contributed by atoms with Crippen molar-refractivity contribution in [3.8, 4) is 40.8 Å². The monoisotopic (exact) mass is 619 g/mol. The number of amides is 1. The Bertz CT molecular complexity index is 1820. The molecule has 226 valence electrons. The van der Waals surface area contributed by atoms with Gasteiger partial charge in [-0.05, 0) is 38.1 Å². The third-order valence-electron chi connectivity index (χ3n) is 7.53. The Hall–Kier alpha value is -4.74. The molecular weight excluding hydrogens is 592 g/mol. The van der Waals surface area contributed by atoms with Crippen LogP contribution in [0.25, 0.3) is 16.9 Å². The van der Waals surface area contributed by atoms with Crippen molar-refractivity contribution in [2.75, 3.05) is 32.6 Å². The van der Waals surface area contributed by atoms with Crippen molar-refractivity contribution in [3.63, 3.8) is 0 Å². The van der Waals surface area contributed by atoms with E-state index in [1.54, 1.807) is 6.07 Å². The molecule has 6 rings (SSSR count). The SMILES string of the molecule is C#C[C@H]1CC1c1nnc(NC(=O)c2cnc(-n3ccc(OC4CCN(C)C4)cc3=O)cc2-c2cc(C(F)F)ncc2OC)s1. The largest absolute Gasteiger partial charge is 0.494 e. The molecule has 0 bridgehead atoms. The summed E-state index contributed by atoms with van der Waals surface area (Å²) in [6, 6.07) is 5.62. The van der Waals surface area contributed by atoms with Crippen LogP contribution in [0.15, 0.2) is 47.7 Å². The molecule has 44 heavy (non-hydrogen) atoms. The first-order valence-corrected chi connectivity index (χ1v) is 14.6. The van der Waals surface area contributed by atoms with Crippen LogP contribution in [0.2, 0.25) is 0 Å². The third kappa shape index (κ3) is 6.01. The quantitative estimate of drug-likeness (QED) is 0.275. The topological polar surface area (TPSA) is 124 Å². The lowest BCUT2D eigenvalue weighted by Gasteiger charge is -2.16. The van der Waals surface area contributed by atoms with E-state index in [9.17, 15) is 18.4 Å². The van der Waals surface area contributed by atoms with Gasteiger partial charge >= 0.3 is 0 Å². The summed E-state index contributed by atoms with van der Waals surface area (Å²) in [6.45, 7) is 1.67. The first-order chi connectivity index (χ1) is 21.2. The number of pyridine rings is 3. The number of nitrogens with one attached hydrogen (secondary N) is 1. The number of nitrogens with zero attached hydrogens (tertiary/aromatic N) is 6. The zero-order valence-corrected chi connectivity index (χ0v) is 24.6. The van der Waals surface area contributed by atoms with Crippen LogP contribution in [0.3, 0.4) is 0 Å². The van der Waals surface area contributed by atoms with Crippen molar-refractivity contribution in [3.05, 3.63) is 69.5 Å². The molecule has 0 radical (unpaired) electrons. The Labute approximate surface area is 254 Å². The summed E-state index contributed by atoms with van der Waals surface area (Å²) in [4.78, 5) is 37.0. The molecule has 4 aromatic rings. The number of carbonyl (C=O) groups excluding carboxylic acids is 1. The fourth-order valence-electron chi connectivity index (χ4n) is 5.09. The second-order valence-corrected chi connectivity index (χ2v) is 11.6. The predicted molar refractivity (Wildman–Crippen MR) is 159 cm³/mol. The zero-order chi connectivity index (χ0) is 31.0. The van der Waals surface area contributed by atoms with Crippen LogP contribution >= 0.6 is 11.3 Å². The molecule has 1 saturated carbocycles. The molecular formula is C30H27F2N7O4S. The Morgan fingerprint density at radius 3 is 2.73 bits per heavy atom. The highest BCUT2D eigenvalue weighted by atomic mass is 32.1.